The monoisotopic (exact) mass is 423 g/mol. The van der Waals surface area contributed by atoms with E-state index in [1.54, 1.807) is 54.6 Å². The van der Waals surface area contributed by atoms with Gasteiger partial charge in [-0.05, 0) is 67.1 Å². The minimum atomic E-state index is -0.529. The van der Waals surface area contributed by atoms with Crippen LogP contribution in [0.15, 0.2) is 72.1 Å². The molecule has 30 heavy (non-hydrogen) atoms. The fraction of sp³-hybridized carbons (Fsp3) is 0.0909. The van der Waals surface area contributed by atoms with Gasteiger partial charge in [0, 0.05) is 23.0 Å². The Labute approximate surface area is 178 Å². The van der Waals surface area contributed by atoms with Gasteiger partial charge in [0.1, 0.15) is 0 Å². The average molecular weight is 424 g/mol. The summed E-state index contributed by atoms with van der Waals surface area (Å²) in [4.78, 5) is 28.2. The van der Waals surface area contributed by atoms with Gasteiger partial charge < -0.3 is 9.47 Å². The van der Waals surface area contributed by atoms with Crippen LogP contribution in [0.4, 0.5) is 0 Å². The van der Waals surface area contributed by atoms with Crippen molar-refractivity contribution in [1.82, 2.24) is 10.4 Å². The lowest BCUT2D eigenvalue weighted by Gasteiger charge is -2.11. The molecule has 0 aliphatic rings. The Morgan fingerprint density at radius 3 is 2.47 bits per heavy atom. The number of halogens is 1. The molecule has 1 heterocycles. The number of amides is 1. The summed E-state index contributed by atoms with van der Waals surface area (Å²) < 4.78 is 11.0. The molecule has 1 amide bonds. The lowest BCUT2D eigenvalue weighted by Crippen LogP contribution is -2.17. The van der Waals surface area contributed by atoms with Gasteiger partial charge in [-0.25, -0.2) is 10.2 Å². The number of nitrogens with zero attached hydrogens (tertiary/aromatic N) is 2. The quantitative estimate of drug-likeness (QED) is 0.267. The van der Waals surface area contributed by atoms with Crippen LogP contribution in [-0.4, -0.2) is 29.7 Å². The molecule has 0 radical (unpaired) electrons. The first kappa shape index (κ1) is 21.0. The van der Waals surface area contributed by atoms with Crippen molar-refractivity contribution in [3.05, 3.63) is 88.7 Å². The first-order valence-corrected chi connectivity index (χ1v) is 9.42. The lowest BCUT2D eigenvalue weighted by molar-refractivity contribution is 0.0728. The van der Waals surface area contributed by atoms with Crippen LogP contribution < -0.4 is 14.9 Å². The van der Waals surface area contributed by atoms with E-state index in [1.807, 2.05) is 6.92 Å². The second-order valence-corrected chi connectivity index (χ2v) is 6.41. The maximum atomic E-state index is 12.3. The van der Waals surface area contributed by atoms with E-state index in [2.05, 4.69) is 15.5 Å². The summed E-state index contributed by atoms with van der Waals surface area (Å²) in [6, 6.07) is 14.5. The van der Waals surface area contributed by atoms with E-state index in [9.17, 15) is 9.59 Å². The molecule has 0 saturated carbocycles. The SMILES string of the molecule is CCOc1cc(C=NNC(=O)c2ccncc2)ccc1OC(=O)c1ccc(Cl)cc1. The first-order valence-electron chi connectivity index (χ1n) is 9.05. The van der Waals surface area contributed by atoms with Gasteiger partial charge in [-0.15, -0.1) is 0 Å². The summed E-state index contributed by atoms with van der Waals surface area (Å²) in [5, 5.41) is 4.47. The Morgan fingerprint density at radius 2 is 1.77 bits per heavy atom. The number of pyridine rings is 1. The number of hydrogen-bond donors (Lipinski definition) is 1. The minimum Gasteiger partial charge on any atom is -0.490 e. The van der Waals surface area contributed by atoms with Gasteiger partial charge in [-0.3, -0.25) is 9.78 Å². The summed E-state index contributed by atoms with van der Waals surface area (Å²) in [5.74, 6) is -0.232. The third kappa shape index (κ3) is 5.65. The second kappa shape index (κ2) is 10.2. The molecule has 0 bridgehead atoms. The molecule has 0 unspecified atom stereocenters. The van der Waals surface area contributed by atoms with E-state index in [1.165, 1.54) is 18.6 Å². The van der Waals surface area contributed by atoms with E-state index < -0.39 is 5.97 Å². The van der Waals surface area contributed by atoms with Crippen molar-refractivity contribution in [2.45, 2.75) is 6.92 Å². The molecule has 0 atom stereocenters. The zero-order valence-electron chi connectivity index (χ0n) is 16.0. The third-order valence-electron chi connectivity index (χ3n) is 3.87. The Balaban J connectivity index is 1.70. The molecule has 0 spiro atoms. The van der Waals surface area contributed by atoms with Crippen molar-refractivity contribution in [3.63, 3.8) is 0 Å². The molecule has 0 fully saturated rings. The third-order valence-corrected chi connectivity index (χ3v) is 4.12. The summed E-state index contributed by atoms with van der Waals surface area (Å²) in [5.41, 5.74) is 3.90. The second-order valence-electron chi connectivity index (χ2n) is 5.97. The fourth-order valence-electron chi connectivity index (χ4n) is 2.44. The summed E-state index contributed by atoms with van der Waals surface area (Å²) >= 11 is 5.84. The van der Waals surface area contributed by atoms with Crippen LogP contribution in [0.5, 0.6) is 11.5 Å². The van der Waals surface area contributed by atoms with Gasteiger partial charge in [0.2, 0.25) is 0 Å². The molecule has 0 aliphatic heterocycles. The van der Waals surface area contributed by atoms with Crippen LogP contribution in [0.25, 0.3) is 0 Å². The Hall–Kier alpha value is -3.71. The number of benzene rings is 2. The lowest BCUT2D eigenvalue weighted by atomic mass is 10.2. The predicted molar refractivity (Wildman–Crippen MR) is 113 cm³/mol. The number of esters is 1. The minimum absolute atomic E-state index is 0.273. The van der Waals surface area contributed by atoms with Gasteiger partial charge in [0.15, 0.2) is 11.5 Å². The van der Waals surface area contributed by atoms with E-state index in [-0.39, 0.29) is 11.7 Å². The average Bonchev–Trinajstić information content (AvgIpc) is 2.76. The van der Waals surface area contributed by atoms with Crippen molar-refractivity contribution < 1.29 is 19.1 Å². The zero-order chi connectivity index (χ0) is 21.3. The summed E-state index contributed by atoms with van der Waals surface area (Å²) in [6.45, 7) is 2.20. The van der Waals surface area contributed by atoms with Crippen LogP contribution in [0.3, 0.4) is 0 Å². The number of hydrogen-bond acceptors (Lipinski definition) is 6. The van der Waals surface area contributed by atoms with Gasteiger partial charge in [0.05, 0.1) is 18.4 Å². The van der Waals surface area contributed by atoms with Crippen LogP contribution in [0.1, 0.15) is 33.2 Å². The molecule has 0 saturated heterocycles. The van der Waals surface area contributed by atoms with Crippen molar-refractivity contribution >= 4 is 29.7 Å². The molecule has 1 N–H and O–H groups in total. The zero-order valence-corrected chi connectivity index (χ0v) is 16.8. The standard InChI is InChI=1S/C22H18ClN3O4/c1-2-29-20-13-15(14-25-26-21(27)16-9-11-24-12-10-16)3-8-19(20)30-22(28)17-4-6-18(23)7-5-17/h3-14H,2H2,1H3,(H,26,27). The van der Waals surface area contributed by atoms with Gasteiger partial charge in [-0.1, -0.05) is 11.6 Å². The number of aromatic nitrogens is 1. The molecule has 152 valence electrons. The molecule has 7 nitrogen and oxygen atoms in total. The van der Waals surface area contributed by atoms with Gasteiger partial charge in [-0.2, -0.15) is 5.10 Å². The Bertz CT molecular complexity index is 1050. The summed E-state index contributed by atoms with van der Waals surface area (Å²) in [6.07, 6.45) is 4.51. The summed E-state index contributed by atoms with van der Waals surface area (Å²) in [7, 11) is 0. The van der Waals surface area contributed by atoms with Gasteiger partial charge in [0.25, 0.3) is 5.91 Å². The molecule has 8 heteroatoms. The largest absolute Gasteiger partial charge is 0.490 e. The highest BCUT2D eigenvalue weighted by molar-refractivity contribution is 6.30. The maximum Gasteiger partial charge on any atom is 0.343 e. The number of nitrogens with one attached hydrogen (secondary N) is 1. The van der Waals surface area contributed by atoms with Crippen molar-refractivity contribution in [1.29, 1.82) is 0 Å². The van der Waals surface area contributed by atoms with E-state index in [4.69, 9.17) is 21.1 Å². The highest BCUT2D eigenvalue weighted by atomic mass is 35.5. The van der Waals surface area contributed by atoms with E-state index in [0.29, 0.717) is 34.1 Å². The van der Waals surface area contributed by atoms with Crippen LogP contribution in [-0.2, 0) is 0 Å². The highest BCUT2D eigenvalue weighted by Gasteiger charge is 2.13. The van der Waals surface area contributed by atoms with Crippen LogP contribution in [0, 0.1) is 0 Å². The topological polar surface area (TPSA) is 89.9 Å². The smallest absolute Gasteiger partial charge is 0.343 e. The number of carbonyl (C=O) groups is 2. The van der Waals surface area contributed by atoms with Crippen molar-refractivity contribution in [2.24, 2.45) is 5.10 Å². The maximum absolute atomic E-state index is 12.3. The molecule has 3 aromatic rings. The fourth-order valence-corrected chi connectivity index (χ4v) is 2.56. The van der Waals surface area contributed by atoms with E-state index in [0.717, 1.165) is 0 Å². The van der Waals surface area contributed by atoms with E-state index >= 15 is 0 Å². The molecular formula is C22H18ClN3O4. The normalized spacial score (nSPS) is 10.6. The number of ether oxygens (including phenoxy) is 2. The van der Waals surface area contributed by atoms with Crippen LogP contribution in [0.2, 0.25) is 5.02 Å². The Kier molecular flexibility index (Phi) is 7.13. The Morgan fingerprint density at radius 1 is 1.03 bits per heavy atom. The molecule has 0 aliphatic carbocycles. The predicted octanol–water partition coefficient (Wildman–Crippen LogP) is 4.12. The number of carbonyl (C=O) groups excluding carboxylic acids is 2. The number of hydrazone groups is 1. The number of rotatable bonds is 7. The first-order chi connectivity index (χ1) is 14.6. The van der Waals surface area contributed by atoms with Crippen molar-refractivity contribution in [2.75, 3.05) is 6.61 Å². The molecular weight excluding hydrogens is 406 g/mol. The van der Waals surface area contributed by atoms with Crippen molar-refractivity contribution in [3.8, 4) is 11.5 Å². The highest BCUT2D eigenvalue weighted by Crippen LogP contribution is 2.29. The molecule has 3 rings (SSSR count). The molecule has 2 aromatic carbocycles. The van der Waals surface area contributed by atoms with Gasteiger partial charge >= 0.3 is 5.97 Å². The van der Waals surface area contributed by atoms with Crippen LogP contribution >= 0.6 is 11.6 Å². The molecule has 1 aromatic heterocycles.